The van der Waals surface area contributed by atoms with E-state index in [1.54, 1.807) is 24.3 Å². The molecule has 1 N–H and O–H groups in total. The fourth-order valence-electron chi connectivity index (χ4n) is 1.89. The minimum absolute atomic E-state index is 0.0252. The normalized spacial score (nSPS) is 16.5. The molecule has 0 saturated carbocycles. The Morgan fingerprint density at radius 1 is 1.30 bits per heavy atom. The van der Waals surface area contributed by atoms with Gasteiger partial charge >= 0.3 is 6.18 Å². The van der Waals surface area contributed by atoms with Crippen LogP contribution >= 0.6 is 0 Å². The second-order valence-electron chi connectivity index (χ2n) is 4.38. The molecule has 0 radical (unpaired) electrons. The second kappa shape index (κ2) is 5.10. The molecule has 0 amide bonds. The molecule has 1 unspecified atom stereocenters. The van der Waals surface area contributed by atoms with Crippen molar-refractivity contribution in [3.63, 3.8) is 0 Å². The summed E-state index contributed by atoms with van der Waals surface area (Å²) in [5, 5.41) is 0. The van der Waals surface area contributed by atoms with Crippen LogP contribution in [0.15, 0.2) is 30.0 Å². The zero-order chi connectivity index (χ0) is 15.0. The van der Waals surface area contributed by atoms with Gasteiger partial charge in [0.05, 0.1) is 0 Å². The molecule has 0 bridgehead atoms. The van der Waals surface area contributed by atoms with Crippen LogP contribution in [0.2, 0.25) is 0 Å². The molecule has 0 heterocycles. The highest BCUT2D eigenvalue weighted by atomic mass is 32.2. The van der Waals surface area contributed by atoms with E-state index in [1.165, 1.54) is 6.08 Å². The van der Waals surface area contributed by atoms with Crippen LogP contribution in [0.5, 0.6) is 0 Å². The molecule has 1 aliphatic carbocycles. The molecule has 0 fully saturated rings. The maximum Gasteiger partial charge on any atom is 0.426 e. The van der Waals surface area contributed by atoms with E-state index < -0.39 is 28.2 Å². The number of rotatable bonds is 4. The third-order valence-corrected chi connectivity index (χ3v) is 3.48. The highest BCUT2D eigenvalue weighted by Gasteiger charge is 2.45. The van der Waals surface area contributed by atoms with E-state index in [4.69, 9.17) is 9.29 Å². The first-order chi connectivity index (χ1) is 9.15. The van der Waals surface area contributed by atoms with Gasteiger partial charge in [-0.15, -0.1) is 0 Å². The summed E-state index contributed by atoms with van der Waals surface area (Å²) < 4.78 is 72.7. The van der Waals surface area contributed by atoms with Crippen molar-refractivity contribution in [2.45, 2.75) is 18.7 Å². The Kier molecular flexibility index (Phi) is 3.79. The number of hydrogen-bond donors (Lipinski definition) is 1. The zero-order valence-corrected chi connectivity index (χ0v) is 10.9. The summed E-state index contributed by atoms with van der Waals surface area (Å²) in [6.07, 6.45) is -5.88. The monoisotopic (exact) mass is 308 g/mol. The average Bonchev–Trinajstić information content (AvgIpc) is 2.67. The molecular weight excluding hydrogens is 297 g/mol. The lowest BCUT2D eigenvalue weighted by atomic mass is 10.1. The molecule has 1 atom stereocenters. The Morgan fingerprint density at radius 3 is 2.50 bits per heavy atom. The molecule has 8 heteroatoms. The van der Waals surface area contributed by atoms with E-state index in [9.17, 15) is 21.6 Å². The van der Waals surface area contributed by atoms with Crippen LogP contribution < -0.4 is 0 Å². The summed E-state index contributed by atoms with van der Waals surface area (Å²) in [6, 6.07) is 6.94. The van der Waals surface area contributed by atoms with Crippen molar-refractivity contribution in [1.82, 2.24) is 0 Å². The first-order valence-corrected chi connectivity index (χ1v) is 7.23. The maximum atomic E-state index is 12.7. The molecule has 20 heavy (non-hydrogen) atoms. The largest absolute Gasteiger partial charge is 0.484 e. The Morgan fingerprint density at radius 2 is 1.95 bits per heavy atom. The second-order valence-corrected chi connectivity index (χ2v) is 5.88. The number of benzene rings is 1. The van der Waals surface area contributed by atoms with Crippen molar-refractivity contribution in [1.29, 1.82) is 0 Å². The average molecular weight is 308 g/mol. The Hall–Kier alpha value is -1.54. The fraction of sp³-hybridized carbons (Fsp3) is 0.333. The van der Waals surface area contributed by atoms with Gasteiger partial charge in [-0.2, -0.15) is 21.6 Å². The van der Waals surface area contributed by atoms with E-state index >= 15 is 0 Å². The van der Waals surface area contributed by atoms with E-state index in [-0.39, 0.29) is 12.2 Å². The van der Waals surface area contributed by atoms with Crippen LogP contribution in [0.3, 0.4) is 0 Å². The number of halogens is 3. The van der Waals surface area contributed by atoms with Gasteiger partial charge in [0.1, 0.15) is 11.5 Å². The Labute approximate surface area is 113 Å². The van der Waals surface area contributed by atoms with Gasteiger partial charge in [0.25, 0.3) is 10.1 Å². The molecule has 1 aliphatic rings. The molecule has 0 aromatic heterocycles. The zero-order valence-electron chi connectivity index (χ0n) is 10.1. The Balaban J connectivity index is 2.15. The first-order valence-electron chi connectivity index (χ1n) is 5.62. The van der Waals surface area contributed by atoms with E-state index in [0.717, 1.165) is 11.1 Å². The molecule has 2 rings (SSSR count). The van der Waals surface area contributed by atoms with Gasteiger partial charge in [0.2, 0.25) is 6.10 Å². The summed E-state index contributed by atoms with van der Waals surface area (Å²) >= 11 is 0. The van der Waals surface area contributed by atoms with Gasteiger partial charge < -0.3 is 4.74 Å². The van der Waals surface area contributed by atoms with Crippen molar-refractivity contribution in [2.24, 2.45) is 0 Å². The molecular formula is C12H11F3O4S. The van der Waals surface area contributed by atoms with Crippen molar-refractivity contribution in [3.05, 3.63) is 41.2 Å². The van der Waals surface area contributed by atoms with E-state index in [1.807, 2.05) is 0 Å². The standard InChI is InChI=1S/C12H11F3O4S/c13-12(14,15)11(7-20(16,17)18)19-10-5-8-3-1-2-4-9(8)6-10/h1-5,11H,6-7H2,(H,16,17,18). The molecule has 0 spiro atoms. The highest BCUT2D eigenvalue weighted by Crippen LogP contribution is 2.31. The van der Waals surface area contributed by atoms with E-state index in [2.05, 4.69) is 0 Å². The molecule has 0 aliphatic heterocycles. The summed E-state index contributed by atoms with van der Waals surface area (Å²) in [5.74, 6) is -1.50. The summed E-state index contributed by atoms with van der Waals surface area (Å²) in [4.78, 5) is 0. The summed E-state index contributed by atoms with van der Waals surface area (Å²) in [7, 11) is -4.79. The topological polar surface area (TPSA) is 63.6 Å². The highest BCUT2D eigenvalue weighted by molar-refractivity contribution is 7.85. The SMILES string of the molecule is O=S(=O)(O)CC(OC1=Cc2ccccc2C1)C(F)(F)F. The lowest BCUT2D eigenvalue weighted by molar-refractivity contribution is -0.202. The maximum absolute atomic E-state index is 12.7. The Bertz CT molecular complexity index is 634. The van der Waals surface area contributed by atoms with Gasteiger partial charge in [-0.05, 0) is 17.2 Å². The van der Waals surface area contributed by atoms with Gasteiger partial charge in [-0.1, -0.05) is 24.3 Å². The third-order valence-electron chi connectivity index (χ3n) is 2.76. The number of alkyl halides is 3. The van der Waals surface area contributed by atoms with Crippen molar-refractivity contribution < 1.29 is 30.9 Å². The van der Waals surface area contributed by atoms with Gasteiger partial charge in [-0.25, -0.2) is 0 Å². The summed E-state index contributed by atoms with van der Waals surface area (Å²) in [5.41, 5.74) is 1.53. The van der Waals surface area contributed by atoms with Gasteiger partial charge in [-0.3, -0.25) is 4.55 Å². The number of fused-ring (bicyclic) bond motifs is 1. The third kappa shape index (κ3) is 3.73. The summed E-state index contributed by atoms with van der Waals surface area (Å²) in [6.45, 7) is 0. The van der Waals surface area contributed by atoms with E-state index in [0.29, 0.717) is 0 Å². The van der Waals surface area contributed by atoms with Crippen LogP contribution in [0.4, 0.5) is 13.2 Å². The van der Waals surface area contributed by atoms with Crippen LogP contribution in [0.25, 0.3) is 6.08 Å². The number of ether oxygens (including phenoxy) is 1. The quantitative estimate of drug-likeness (QED) is 0.868. The number of allylic oxidation sites excluding steroid dienone is 1. The molecule has 1 aromatic carbocycles. The number of hydrogen-bond acceptors (Lipinski definition) is 3. The molecule has 0 saturated heterocycles. The van der Waals surface area contributed by atoms with Crippen molar-refractivity contribution >= 4 is 16.2 Å². The molecule has 110 valence electrons. The predicted octanol–water partition coefficient (Wildman–Crippen LogP) is 2.42. The van der Waals surface area contributed by atoms with Crippen LogP contribution in [0, 0.1) is 0 Å². The lowest BCUT2D eigenvalue weighted by Crippen LogP contribution is -2.37. The first kappa shape index (κ1) is 14.9. The minimum Gasteiger partial charge on any atom is -0.484 e. The van der Waals surface area contributed by atoms with Crippen molar-refractivity contribution in [3.8, 4) is 0 Å². The minimum atomic E-state index is -4.88. The van der Waals surface area contributed by atoms with Crippen molar-refractivity contribution in [2.75, 3.05) is 5.75 Å². The van der Waals surface area contributed by atoms with Gasteiger partial charge in [0.15, 0.2) is 0 Å². The fourth-order valence-corrected chi connectivity index (χ4v) is 2.53. The molecule has 1 aromatic rings. The van der Waals surface area contributed by atoms with Gasteiger partial charge in [0, 0.05) is 6.42 Å². The van der Waals surface area contributed by atoms with Crippen LogP contribution in [0.1, 0.15) is 11.1 Å². The van der Waals surface area contributed by atoms with Crippen LogP contribution in [-0.4, -0.2) is 31.0 Å². The van der Waals surface area contributed by atoms with Crippen LogP contribution in [-0.2, 0) is 21.3 Å². The molecule has 4 nitrogen and oxygen atoms in total. The lowest BCUT2D eigenvalue weighted by Gasteiger charge is -2.21. The predicted molar refractivity (Wildman–Crippen MR) is 65.5 cm³/mol. The smallest absolute Gasteiger partial charge is 0.426 e.